The van der Waals surface area contributed by atoms with Crippen molar-refractivity contribution < 1.29 is 0 Å². The lowest BCUT2D eigenvalue weighted by Gasteiger charge is -2.37. The van der Waals surface area contributed by atoms with E-state index in [0.29, 0.717) is 39.9 Å². The molecule has 0 saturated heterocycles. The quantitative estimate of drug-likeness (QED) is 0.0645. The summed E-state index contributed by atoms with van der Waals surface area (Å²) >= 11 is 4.91. The van der Waals surface area contributed by atoms with Gasteiger partial charge in [0.2, 0.25) is 0 Å². The number of rotatable bonds is 16. The fourth-order valence-electron chi connectivity index (χ4n) is 7.59. The van der Waals surface area contributed by atoms with Gasteiger partial charge in [0.15, 0.2) is 0 Å². The maximum atomic E-state index is 5.15. The molecule has 2 aliphatic rings. The highest BCUT2D eigenvalue weighted by atomic mass is 32.1. The highest BCUT2D eigenvalue weighted by Gasteiger charge is 2.59. The van der Waals surface area contributed by atoms with E-state index in [1.54, 1.807) is 0 Å². The van der Waals surface area contributed by atoms with Crippen molar-refractivity contribution in [1.82, 2.24) is 0 Å². The van der Waals surface area contributed by atoms with E-state index in [0.717, 1.165) is 58.9 Å². The second kappa shape index (κ2) is 37.5. The van der Waals surface area contributed by atoms with Gasteiger partial charge in [-0.1, -0.05) is 236 Å². The zero-order chi connectivity index (χ0) is 49.3. The molecule has 0 amide bonds. The van der Waals surface area contributed by atoms with Crippen LogP contribution in [0.25, 0.3) is 0 Å². The summed E-state index contributed by atoms with van der Waals surface area (Å²) in [6, 6.07) is 0. The smallest absolute Gasteiger partial charge is 0.00917 e. The Balaban J connectivity index is -0.000000208. The van der Waals surface area contributed by atoms with Crippen LogP contribution in [-0.2, 0) is 0 Å². The lowest BCUT2D eigenvalue weighted by atomic mass is 9.68. The van der Waals surface area contributed by atoms with Gasteiger partial charge >= 0.3 is 0 Å². The Morgan fingerprint density at radius 1 is 0.803 bits per heavy atom. The van der Waals surface area contributed by atoms with Crippen LogP contribution in [0.15, 0.2) is 73.9 Å². The van der Waals surface area contributed by atoms with Gasteiger partial charge in [-0.3, -0.25) is 0 Å². The number of hydrogen-bond donors (Lipinski definition) is 0. The highest BCUT2D eigenvalue weighted by Crippen LogP contribution is 2.65. The first-order valence-corrected chi connectivity index (χ1v) is 25.2. The second-order valence-electron chi connectivity index (χ2n) is 21.6. The minimum atomic E-state index is 0.476. The summed E-state index contributed by atoms with van der Waals surface area (Å²) in [7, 11) is 0. The summed E-state index contributed by atoms with van der Waals surface area (Å²) in [5, 5.41) is 0. The lowest BCUT2D eigenvalue weighted by Crippen LogP contribution is -2.26. The Hall–Kier alpha value is -1.91. The highest BCUT2D eigenvalue weighted by molar-refractivity contribution is 7.80. The zero-order valence-corrected chi connectivity index (χ0v) is 46.5. The summed E-state index contributed by atoms with van der Waals surface area (Å²) in [5.74, 6) is 8.44. The molecule has 0 aliphatic heterocycles. The molecule has 0 spiro atoms. The molecule has 0 nitrogen and oxygen atoms in total. The van der Waals surface area contributed by atoms with Crippen LogP contribution in [0.3, 0.4) is 0 Å². The summed E-state index contributed by atoms with van der Waals surface area (Å²) in [6.07, 6.45) is 25.8. The predicted octanol–water partition coefficient (Wildman–Crippen LogP) is 20.9. The Kier molecular flexibility index (Phi) is 41.9. The van der Waals surface area contributed by atoms with Crippen molar-refractivity contribution in [3.63, 3.8) is 0 Å². The van der Waals surface area contributed by atoms with Crippen LogP contribution in [0.2, 0.25) is 0 Å². The van der Waals surface area contributed by atoms with Crippen LogP contribution in [0.4, 0.5) is 0 Å². The van der Waals surface area contributed by atoms with Gasteiger partial charge in [-0.25, -0.2) is 0 Å². The molecule has 0 aromatic rings. The van der Waals surface area contributed by atoms with Crippen LogP contribution in [0.5, 0.6) is 0 Å². The Bertz CT molecular complexity index is 1220. The normalized spacial score (nSPS) is 18.5. The van der Waals surface area contributed by atoms with Gasteiger partial charge in [0.1, 0.15) is 0 Å². The summed E-state index contributed by atoms with van der Waals surface area (Å²) in [4.78, 5) is 1.14. The molecule has 0 N–H and O–H groups in total. The number of thiocarbonyl (C=S) groups is 1. The minimum Gasteiger partial charge on any atom is -0.120 e. The van der Waals surface area contributed by atoms with Crippen LogP contribution >= 0.6 is 12.2 Å². The SMILES string of the molecule is C#CCCC(C)C(=C)C(=C)C.C=C(C)C.C=CC(=C)C(C(C)C)C1C(CC)C1(C)C.C=CC(C)C1(C)CCCCC1.CC(=S)CCC(C)C.CCC(C)C(C)(C)C.CCCC. The summed E-state index contributed by atoms with van der Waals surface area (Å²) < 4.78 is 0. The summed E-state index contributed by atoms with van der Waals surface area (Å²) in [5.41, 5.74) is 6.18. The van der Waals surface area contributed by atoms with Crippen molar-refractivity contribution in [2.75, 3.05) is 0 Å². The molecule has 6 unspecified atom stereocenters. The van der Waals surface area contributed by atoms with E-state index in [4.69, 9.17) is 18.6 Å². The number of unbranched alkanes of at least 4 members (excludes halogenated alkanes) is 1. The van der Waals surface area contributed by atoms with Gasteiger partial charge in [-0.05, 0) is 128 Å². The van der Waals surface area contributed by atoms with E-state index in [1.165, 1.54) is 75.4 Å². The Morgan fingerprint density at radius 2 is 1.26 bits per heavy atom. The van der Waals surface area contributed by atoms with Crippen LogP contribution in [-0.4, -0.2) is 4.86 Å². The van der Waals surface area contributed by atoms with E-state index in [9.17, 15) is 0 Å². The minimum absolute atomic E-state index is 0.476. The van der Waals surface area contributed by atoms with Gasteiger partial charge < -0.3 is 0 Å². The van der Waals surface area contributed by atoms with Gasteiger partial charge in [-0.2, -0.15) is 0 Å². The molecular formula is C60H112S. The van der Waals surface area contributed by atoms with Crippen LogP contribution in [0, 0.1) is 75.9 Å². The van der Waals surface area contributed by atoms with Gasteiger partial charge in [0.25, 0.3) is 0 Å². The molecular weight excluding hydrogens is 753 g/mol. The first-order chi connectivity index (χ1) is 27.9. The third-order valence-electron chi connectivity index (χ3n) is 13.4. The van der Waals surface area contributed by atoms with Gasteiger partial charge in [0, 0.05) is 6.42 Å². The average molecular weight is 866 g/mol. The van der Waals surface area contributed by atoms with Crippen molar-refractivity contribution in [3.8, 4) is 12.3 Å². The molecule has 2 aliphatic carbocycles. The van der Waals surface area contributed by atoms with Crippen molar-refractivity contribution in [2.24, 2.45) is 63.6 Å². The largest absolute Gasteiger partial charge is 0.120 e. The van der Waals surface area contributed by atoms with E-state index < -0.39 is 0 Å². The molecule has 2 saturated carbocycles. The molecule has 0 radical (unpaired) electrons. The van der Waals surface area contributed by atoms with Crippen LogP contribution in [0.1, 0.15) is 229 Å². The molecule has 2 rings (SSSR count). The van der Waals surface area contributed by atoms with E-state index in [1.807, 2.05) is 33.8 Å². The standard InChI is InChI=1S/C15H26.C11H20.C11H16.C8H18.C7H14S.C4H8.C4H10/c1-8-11(5)13(10(3)4)14-12(9-2)15(14,6)7;1-4-10(2)11(3)8-6-5-7-9-11;1-6-7-8-10(4)11(5)9(2)3;1-6-7(2)8(3,4)5;1-6(2)4-5-7(3)8;1-4(2)3;1-3-4-2/h8,10,12-14H,1,5,9H2,2-4,6-7H3;4,10H,1,5-9H2,2-3H3;1,10H,2,5,7-8H2,3-4H3;7H,6H2,1-5H3;6H,4-5H2,1-3H3;1H2,2-3H3;3-4H2,1-2H3. The van der Waals surface area contributed by atoms with E-state index >= 15 is 0 Å². The molecule has 1 heteroatoms. The number of terminal acetylenes is 1. The van der Waals surface area contributed by atoms with Gasteiger partial charge in [0.05, 0.1) is 0 Å². The molecule has 0 aromatic carbocycles. The van der Waals surface area contributed by atoms with Crippen molar-refractivity contribution in [3.05, 3.63) is 73.9 Å². The number of allylic oxidation sites excluding steroid dienone is 6. The van der Waals surface area contributed by atoms with Crippen LogP contribution < -0.4 is 0 Å². The Labute approximate surface area is 394 Å². The van der Waals surface area contributed by atoms with Crippen molar-refractivity contribution >= 4 is 17.1 Å². The molecule has 0 heterocycles. The third-order valence-corrected chi connectivity index (χ3v) is 13.6. The monoisotopic (exact) mass is 865 g/mol. The average Bonchev–Trinajstić information content (AvgIpc) is 3.73. The zero-order valence-electron chi connectivity index (χ0n) is 45.7. The molecule has 6 atom stereocenters. The molecule has 358 valence electrons. The third kappa shape index (κ3) is 35.2. The van der Waals surface area contributed by atoms with E-state index in [2.05, 4.69) is 169 Å². The van der Waals surface area contributed by atoms with Crippen molar-refractivity contribution in [1.29, 1.82) is 0 Å². The topological polar surface area (TPSA) is 0 Å². The Morgan fingerprint density at radius 3 is 1.49 bits per heavy atom. The predicted molar refractivity (Wildman–Crippen MR) is 293 cm³/mol. The molecule has 2 fully saturated rings. The molecule has 0 bridgehead atoms. The van der Waals surface area contributed by atoms with E-state index in [-0.39, 0.29) is 0 Å². The lowest BCUT2D eigenvalue weighted by molar-refractivity contribution is 0.161. The fraction of sp³-hybridized carbons (Fsp3) is 0.750. The second-order valence-corrected chi connectivity index (χ2v) is 22.3. The maximum Gasteiger partial charge on any atom is 0.00917 e. The van der Waals surface area contributed by atoms with Crippen molar-refractivity contribution in [2.45, 2.75) is 229 Å². The fourth-order valence-corrected chi connectivity index (χ4v) is 7.71. The first kappa shape index (κ1) is 68.2. The molecule has 0 aromatic heterocycles. The number of hydrogen-bond acceptors (Lipinski definition) is 1. The van der Waals surface area contributed by atoms with Gasteiger partial charge in [-0.15, -0.1) is 25.5 Å². The molecule has 61 heavy (non-hydrogen) atoms. The maximum absolute atomic E-state index is 5.15. The first-order valence-electron chi connectivity index (χ1n) is 24.7. The summed E-state index contributed by atoms with van der Waals surface area (Å²) in [6.45, 7) is 70.0.